The normalized spacial score (nSPS) is 17.1. The van der Waals surface area contributed by atoms with Gasteiger partial charge in [-0.05, 0) is 37.4 Å². The van der Waals surface area contributed by atoms with Crippen molar-refractivity contribution in [3.05, 3.63) is 51.5 Å². The molecule has 2 N–H and O–H groups in total. The topological polar surface area (TPSA) is 59.2 Å². The molecule has 124 valence electrons. The molecule has 4 nitrogen and oxygen atoms in total. The van der Waals surface area contributed by atoms with Gasteiger partial charge in [-0.1, -0.05) is 24.3 Å². The van der Waals surface area contributed by atoms with Crippen molar-refractivity contribution in [2.75, 3.05) is 13.1 Å². The van der Waals surface area contributed by atoms with Crippen LogP contribution in [0.5, 0.6) is 0 Å². The van der Waals surface area contributed by atoms with E-state index in [2.05, 4.69) is 24.0 Å². The molecular weight excluding hydrogens is 330 g/mol. The van der Waals surface area contributed by atoms with Crippen molar-refractivity contribution in [2.24, 2.45) is 5.73 Å². The first-order valence-corrected chi connectivity index (χ1v) is 8.59. The van der Waals surface area contributed by atoms with Gasteiger partial charge in [0.1, 0.15) is 5.69 Å². The van der Waals surface area contributed by atoms with E-state index in [0.29, 0.717) is 12.2 Å². The molecule has 1 atom stereocenters. The number of carbonyl (C=O) groups is 1. The number of aromatic nitrogens is 1. The molecule has 2 aromatic rings. The van der Waals surface area contributed by atoms with E-state index in [1.165, 1.54) is 22.5 Å². The summed E-state index contributed by atoms with van der Waals surface area (Å²) >= 11 is 1.52. The SMILES string of the molecule is Cc1ccccc1C1CCCN1C(=O)c1csc(CCN)n1.Cl. The number of benzene rings is 1. The van der Waals surface area contributed by atoms with Crippen molar-refractivity contribution < 1.29 is 4.79 Å². The number of nitrogens with two attached hydrogens (primary N) is 1. The maximum absolute atomic E-state index is 12.8. The average Bonchev–Trinajstić information content (AvgIpc) is 3.16. The van der Waals surface area contributed by atoms with Crippen LogP contribution in [0.25, 0.3) is 0 Å². The van der Waals surface area contributed by atoms with E-state index in [-0.39, 0.29) is 24.4 Å². The van der Waals surface area contributed by atoms with Crippen LogP contribution < -0.4 is 5.73 Å². The van der Waals surface area contributed by atoms with Crippen molar-refractivity contribution in [3.8, 4) is 0 Å². The Bertz CT molecular complexity index is 673. The molecule has 1 aromatic heterocycles. The predicted octanol–water partition coefficient (Wildman–Crippen LogP) is 3.35. The van der Waals surface area contributed by atoms with Crippen molar-refractivity contribution in [2.45, 2.75) is 32.2 Å². The van der Waals surface area contributed by atoms with E-state index in [1.807, 2.05) is 22.4 Å². The van der Waals surface area contributed by atoms with Gasteiger partial charge in [0.2, 0.25) is 0 Å². The molecule has 6 heteroatoms. The molecule has 1 saturated heterocycles. The van der Waals surface area contributed by atoms with Gasteiger partial charge < -0.3 is 10.6 Å². The number of thiazole rings is 1. The Morgan fingerprint density at radius 1 is 1.43 bits per heavy atom. The van der Waals surface area contributed by atoms with Gasteiger partial charge in [0.05, 0.1) is 11.0 Å². The number of likely N-dealkylation sites (tertiary alicyclic amines) is 1. The van der Waals surface area contributed by atoms with Gasteiger partial charge in [-0.3, -0.25) is 4.79 Å². The highest BCUT2D eigenvalue weighted by Gasteiger charge is 2.32. The van der Waals surface area contributed by atoms with Gasteiger partial charge in [-0.25, -0.2) is 4.98 Å². The van der Waals surface area contributed by atoms with Crippen molar-refractivity contribution >= 4 is 29.7 Å². The minimum Gasteiger partial charge on any atom is -0.330 e. The Morgan fingerprint density at radius 2 is 2.22 bits per heavy atom. The second-order valence-corrected chi connectivity index (χ2v) is 6.62. The minimum atomic E-state index is 0. The van der Waals surface area contributed by atoms with Gasteiger partial charge in [-0.15, -0.1) is 23.7 Å². The quantitative estimate of drug-likeness (QED) is 0.918. The minimum absolute atomic E-state index is 0. The van der Waals surface area contributed by atoms with Crippen LogP contribution in [-0.2, 0) is 6.42 Å². The number of aryl methyl sites for hydroxylation is 1. The van der Waals surface area contributed by atoms with Gasteiger partial charge in [0.25, 0.3) is 5.91 Å². The molecule has 1 unspecified atom stereocenters. The van der Waals surface area contributed by atoms with E-state index in [9.17, 15) is 4.79 Å². The number of rotatable bonds is 4. The Balaban J connectivity index is 0.00000192. The molecule has 0 bridgehead atoms. The van der Waals surface area contributed by atoms with Crippen LogP contribution in [0.3, 0.4) is 0 Å². The summed E-state index contributed by atoms with van der Waals surface area (Å²) in [6, 6.07) is 8.50. The zero-order valence-electron chi connectivity index (χ0n) is 13.2. The Morgan fingerprint density at radius 3 is 2.96 bits per heavy atom. The highest BCUT2D eigenvalue weighted by molar-refractivity contribution is 7.09. The van der Waals surface area contributed by atoms with E-state index in [4.69, 9.17) is 5.73 Å². The summed E-state index contributed by atoms with van der Waals surface area (Å²) in [5, 5.41) is 2.80. The maximum atomic E-state index is 12.8. The lowest BCUT2D eigenvalue weighted by atomic mass is 9.99. The fourth-order valence-electron chi connectivity index (χ4n) is 3.09. The molecule has 1 aliphatic heterocycles. The van der Waals surface area contributed by atoms with Gasteiger partial charge in [-0.2, -0.15) is 0 Å². The molecule has 0 aliphatic carbocycles. The molecule has 1 aromatic carbocycles. The third-order valence-corrected chi connectivity index (χ3v) is 5.10. The summed E-state index contributed by atoms with van der Waals surface area (Å²) < 4.78 is 0. The van der Waals surface area contributed by atoms with E-state index in [0.717, 1.165) is 30.8 Å². The monoisotopic (exact) mass is 351 g/mol. The van der Waals surface area contributed by atoms with Crippen molar-refractivity contribution in [3.63, 3.8) is 0 Å². The third kappa shape index (κ3) is 3.74. The Hall–Kier alpha value is -1.43. The average molecular weight is 352 g/mol. The summed E-state index contributed by atoms with van der Waals surface area (Å²) in [5.41, 5.74) is 8.62. The van der Waals surface area contributed by atoms with E-state index < -0.39 is 0 Å². The molecule has 0 saturated carbocycles. The third-order valence-electron chi connectivity index (χ3n) is 4.19. The summed E-state index contributed by atoms with van der Waals surface area (Å²) in [6.07, 6.45) is 2.81. The zero-order valence-corrected chi connectivity index (χ0v) is 14.8. The number of amides is 1. The van der Waals surface area contributed by atoms with E-state index in [1.54, 1.807) is 0 Å². The fourth-order valence-corrected chi connectivity index (χ4v) is 3.88. The number of hydrogen-bond donors (Lipinski definition) is 1. The molecule has 23 heavy (non-hydrogen) atoms. The zero-order chi connectivity index (χ0) is 15.5. The molecule has 3 rings (SSSR count). The summed E-state index contributed by atoms with van der Waals surface area (Å²) in [5.74, 6) is 0.0466. The van der Waals surface area contributed by atoms with Crippen LogP contribution in [0.2, 0.25) is 0 Å². The van der Waals surface area contributed by atoms with Gasteiger partial charge in [0, 0.05) is 18.3 Å². The number of carbonyl (C=O) groups excluding carboxylic acids is 1. The second kappa shape index (κ2) is 7.90. The lowest BCUT2D eigenvalue weighted by Crippen LogP contribution is -2.31. The molecule has 1 aliphatic rings. The smallest absolute Gasteiger partial charge is 0.273 e. The van der Waals surface area contributed by atoms with E-state index >= 15 is 0 Å². The highest BCUT2D eigenvalue weighted by atomic mass is 35.5. The molecule has 0 radical (unpaired) electrons. The van der Waals surface area contributed by atoms with Crippen LogP contribution >= 0.6 is 23.7 Å². The second-order valence-electron chi connectivity index (χ2n) is 5.68. The molecule has 0 spiro atoms. The summed E-state index contributed by atoms with van der Waals surface area (Å²) in [6.45, 7) is 3.48. The Labute approximate surface area is 147 Å². The number of nitrogens with zero attached hydrogens (tertiary/aromatic N) is 2. The van der Waals surface area contributed by atoms with Gasteiger partial charge in [0.15, 0.2) is 0 Å². The molecule has 1 fully saturated rings. The van der Waals surface area contributed by atoms with Gasteiger partial charge >= 0.3 is 0 Å². The highest BCUT2D eigenvalue weighted by Crippen LogP contribution is 2.34. The first kappa shape index (κ1) is 17.9. The first-order chi connectivity index (χ1) is 10.7. The molecule has 2 heterocycles. The molecule has 1 amide bonds. The fraction of sp³-hybridized carbons (Fsp3) is 0.412. The number of hydrogen-bond acceptors (Lipinski definition) is 4. The summed E-state index contributed by atoms with van der Waals surface area (Å²) in [7, 11) is 0. The van der Waals surface area contributed by atoms with Crippen LogP contribution in [-0.4, -0.2) is 28.9 Å². The van der Waals surface area contributed by atoms with Crippen LogP contribution in [0.15, 0.2) is 29.6 Å². The summed E-state index contributed by atoms with van der Waals surface area (Å²) in [4.78, 5) is 19.2. The maximum Gasteiger partial charge on any atom is 0.273 e. The Kier molecular flexibility index (Phi) is 6.16. The largest absolute Gasteiger partial charge is 0.330 e. The standard InChI is InChI=1S/C17H21N3OS.ClH/c1-12-5-2-3-6-13(12)15-7-4-10-20(15)17(21)14-11-22-16(19-14)8-9-18;/h2-3,5-6,11,15H,4,7-10,18H2,1H3;1H. The van der Waals surface area contributed by atoms with Crippen LogP contribution in [0.4, 0.5) is 0 Å². The molecular formula is C17H22ClN3OS. The van der Waals surface area contributed by atoms with Crippen LogP contribution in [0.1, 0.15) is 45.5 Å². The number of halogens is 1. The van der Waals surface area contributed by atoms with Crippen molar-refractivity contribution in [1.82, 2.24) is 9.88 Å². The predicted molar refractivity (Wildman–Crippen MR) is 96.3 cm³/mol. The lowest BCUT2D eigenvalue weighted by molar-refractivity contribution is 0.0730. The lowest BCUT2D eigenvalue weighted by Gasteiger charge is -2.25. The van der Waals surface area contributed by atoms with Crippen LogP contribution in [0, 0.1) is 6.92 Å². The first-order valence-electron chi connectivity index (χ1n) is 7.71. The van der Waals surface area contributed by atoms with Crippen molar-refractivity contribution in [1.29, 1.82) is 0 Å².